The Morgan fingerprint density at radius 2 is 2.40 bits per heavy atom. The van der Waals surface area contributed by atoms with Crippen LogP contribution >= 0.6 is 0 Å². The van der Waals surface area contributed by atoms with Gasteiger partial charge in [-0.3, -0.25) is 0 Å². The van der Waals surface area contributed by atoms with Gasteiger partial charge in [-0.15, -0.1) is 0 Å². The Balaban J connectivity index is 1.70. The maximum absolute atomic E-state index is 11.4. The minimum absolute atomic E-state index is 0.0851. The van der Waals surface area contributed by atoms with Crippen LogP contribution in [-0.4, -0.2) is 40.0 Å². The fraction of sp³-hybridized carbons (Fsp3) is 0.545. The lowest BCUT2D eigenvalue weighted by Gasteiger charge is -2.03. The van der Waals surface area contributed by atoms with Crippen LogP contribution in [0.5, 0.6) is 0 Å². The normalized spacial score (nSPS) is 22.9. The molecule has 2 aromatic heterocycles. The van der Waals surface area contributed by atoms with Crippen LogP contribution in [-0.2, 0) is 16.3 Å². The summed E-state index contributed by atoms with van der Waals surface area (Å²) in [5.74, 6) is 0.834. The summed E-state index contributed by atoms with van der Waals surface area (Å²) in [7, 11) is -2.96. The first-order valence-corrected chi connectivity index (χ1v) is 8.12. The summed E-state index contributed by atoms with van der Waals surface area (Å²) in [6.45, 7) is 0. The summed E-state index contributed by atoms with van der Waals surface area (Å²) >= 11 is 0. The Kier molecular flexibility index (Phi) is 3.30. The molecule has 9 heteroatoms. The highest BCUT2D eigenvalue weighted by Gasteiger charge is 2.32. The van der Waals surface area contributed by atoms with Crippen molar-refractivity contribution in [3.05, 3.63) is 29.9 Å². The molecule has 0 saturated carbocycles. The molecule has 108 valence electrons. The van der Waals surface area contributed by atoms with Gasteiger partial charge >= 0.3 is 0 Å². The first-order chi connectivity index (χ1) is 9.53. The smallest absolute Gasteiger partial charge is 0.243 e. The van der Waals surface area contributed by atoms with Crippen molar-refractivity contribution in [3.8, 4) is 0 Å². The number of sulfone groups is 1. The number of imidazole rings is 1. The van der Waals surface area contributed by atoms with Crippen LogP contribution in [0.25, 0.3) is 0 Å². The van der Waals surface area contributed by atoms with Crippen LogP contribution in [0.4, 0.5) is 0 Å². The minimum Gasteiger partial charge on any atom is -0.348 e. The van der Waals surface area contributed by atoms with Crippen molar-refractivity contribution in [2.45, 2.75) is 24.8 Å². The number of nitrogens with one attached hydrogen (secondary N) is 1. The van der Waals surface area contributed by atoms with Gasteiger partial charge in [-0.25, -0.2) is 13.4 Å². The Morgan fingerprint density at radius 3 is 3.05 bits per heavy atom. The van der Waals surface area contributed by atoms with E-state index in [1.165, 1.54) is 0 Å². The third-order valence-electron chi connectivity index (χ3n) is 3.37. The van der Waals surface area contributed by atoms with Crippen LogP contribution in [0.15, 0.2) is 17.0 Å². The minimum atomic E-state index is -2.96. The first kappa shape index (κ1) is 13.3. The van der Waals surface area contributed by atoms with Crippen LogP contribution < -0.4 is 5.73 Å². The molecular weight excluding hydrogens is 282 g/mol. The molecule has 0 aliphatic carbocycles. The summed E-state index contributed by atoms with van der Waals surface area (Å²) in [6.07, 6.45) is 4.30. The zero-order chi connectivity index (χ0) is 14.2. The second-order valence-corrected chi connectivity index (χ2v) is 7.21. The van der Waals surface area contributed by atoms with Crippen molar-refractivity contribution in [3.63, 3.8) is 0 Å². The Bertz CT molecular complexity index is 679. The van der Waals surface area contributed by atoms with Crippen molar-refractivity contribution in [2.75, 3.05) is 11.5 Å². The van der Waals surface area contributed by atoms with Crippen LogP contribution in [0.2, 0.25) is 0 Å². The largest absolute Gasteiger partial charge is 0.348 e. The topological polar surface area (TPSA) is 128 Å². The van der Waals surface area contributed by atoms with Crippen molar-refractivity contribution in [1.29, 1.82) is 0 Å². The van der Waals surface area contributed by atoms with Crippen molar-refractivity contribution >= 4 is 9.84 Å². The van der Waals surface area contributed by atoms with Gasteiger partial charge in [0.2, 0.25) is 5.89 Å². The van der Waals surface area contributed by atoms with E-state index in [2.05, 4.69) is 20.1 Å². The standard InChI is InChI=1S/C11H15N5O3S/c12-9(3-8-4-13-6-14-8)11-15-10(16-19-11)7-1-2-20(17,18)5-7/h4,6-7,9H,1-3,5,12H2,(H,13,14)/t7?,9-/m0/s1. The predicted octanol–water partition coefficient (Wildman–Crippen LogP) is -0.0627. The van der Waals surface area contributed by atoms with E-state index in [9.17, 15) is 8.42 Å². The average Bonchev–Trinajstić information content (AvgIpc) is 3.08. The van der Waals surface area contributed by atoms with Crippen molar-refractivity contribution in [1.82, 2.24) is 20.1 Å². The van der Waals surface area contributed by atoms with Gasteiger partial charge in [0.25, 0.3) is 0 Å². The second-order valence-electron chi connectivity index (χ2n) is 4.98. The number of nitrogens with two attached hydrogens (primary N) is 1. The van der Waals surface area contributed by atoms with Gasteiger partial charge in [-0.05, 0) is 6.42 Å². The number of aromatic nitrogens is 4. The number of aromatic amines is 1. The third kappa shape index (κ3) is 2.73. The number of nitrogens with zero attached hydrogens (tertiary/aromatic N) is 3. The fourth-order valence-corrected chi connectivity index (χ4v) is 4.02. The number of hydrogen-bond acceptors (Lipinski definition) is 7. The van der Waals surface area contributed by atoms with E-state index < -0.39 is 15.9 Å². The van der Waals surface area contributed by atoms with Crippen LogP contribution in [0, 0.1) is 0 Å². The van der Waals surface area contributed by atoms with E-state index in [0.717, 1.165) is 5.69 Å². The van der Waals surface area contributed by atoms with E-state index in [0.29, 0.717) is 24.6 Å². The van der Waals surface area contributed by atoms with E-state index in [4.69, 9.17) is 10.3 Å². The lowest BCUT2D eigenvalue weighted by Crippen LogP contribution is -2.14. The molecule has 0 amide bonds. The van der Waals surface area contributed by atoms with E-state index in [1.807, 2.05) is 0 Å². The lowest BCUT2D eigenvalue weighted by atomic mass is 10.1. The van der Waals surface area contributed by atoms with Gasteiger partial charge in [0.15, 0.2) is 15.7 Å². The Hall–Kier alpha value is -1.74. The molecule has 2 atom stereocenters. The highest BCUT2D eigenvalue weighted by atomic mass is 32.2. The fourth-order valence-electron chi connectivity index (χ4n) is 2.28. The molecule has 2 aromatic rings. The zero-order valence-electron chi connectivity index (χ0n) is 10.7. The monoisotopic (exact) mass is 297 g/mol. The Morgan fingerprint density at radius 1 is 1.55 bits per heavy atom. The highest BCUT2D eigenvalue weighted by Crippen LogP contribution is 2.27. The van der Waals surface area contributed by atoms with E-state index in [1.54, 1.807) is 12.5 Å². The van der Waals surface area contributed by atoms with Crippen molar-refractivity contribution < 1.29 is 12.9 Å². The molecule has 3 N–H and O–H groups in total. The van der Waals surface area contributed by atoms with Gasteiger partial charge in [0, 0.05) is 24.2 Å². The predicted molar refractivity (Wildman–Crippen MR) is 69.5 cm³/mol. The van der Waals surface area contributed by atoms with E-state index in [-0.39, 0.29) is 17.4 Å². The molecule has 1 aliphatic heterocycles. The van der Waals surface area contributed by atoms with Crippen molar-refractivity contribution in [2.24, 2.45) is 5.73 Å². The third-order valence-corrected chi connectivity index (χ3v) is 5.13. The number of rotatable bonds is 4. The Labute approximate surface area is 115 Å². The average molecular weight is 297 g/mol. The van der Waals surface area contributed by atoms with E-state index >= 15 is 0 Å². The summed E-state index contributed by atoms with van der Waals surface area (Å²) in [4.78, 5) is 11.1. The number of H-pyrrole nitrogens is 1. The quantitative estimate of drug-likeness (QED) is 0.808. The molecule has 1 aliphatic rings. The summed E-state index contributed by atoms with van der Waals surface area (Å²) < 4.78 is 28.0. The first-order valence-electron chi connectivity index (χ1n) is 6.30. The summed E-state index contributed by atoms with van der Waals surface area (Å²) in [6, 6.07) is -0.435. The molecule has 1 saturated heterocycles. The van der Waals surface area contributed by atoms with Gasteiger partial charge in [-0.2, -0.15) is 4.98 Å². The second kappa shape index (κ2) is 4.98. The van der Waals surface area contributed by atoms with Crippen LogP contribution in [0.3, 0.4) is 0 Å². The molecule has 0 spiro atoms. The lowest BCUT2D eigenvalue weighted by molar-refractivity contribution is 0.348. The molecule has 1 fully saturated rings. The van der Waals surface area contributed by atoms with Gasteiger partial charge < -0.3 is 15.2 Å². The SMILES string of the molecule is N[C@@H](Cc1cnc[nH]1)c1nc(C2CCS(=O)(=O)C2)no1. The molecule has 3 heterocycles. The molecule has 1 unspecified atom stereocenters. The molecule has 20 heavy (non-hydrogen) atoms. The maximum Gasteiger partial charge on any atom is 0.243 e. The summed E-state index contributed by atoms with van der Waals surface area (Å²) in [5, 5.41) is 3.86. The van der Waals surface area contributed by atoms with Crippen LogP contribution in [0.1, 0.15) is 35.8 Å². The summed E-state index contributed by atoms with van der Waals surface area (Å²) in [5.41, 5.74) is 6.86. The molecule has 0 aromatic carbocycles. The van der Waals surface area contributed by atoms with Gasteiger partial charge in [0.05, 0.1) is 23.9 Å². The molecule has 3 rings (SSSR count). The zero-order valence-corrected chi connectivity index (χ0v) is 11.5. The van der Waals surface area contributed by atoms with Gasteiger partial charge in [-0.1, -0.05) is 5.16 Å². The maximum atomic E-state index is 11.4. The molecule has 0 radical (unpaired) electrons. The number of hydrogen-bond donors (Lipinski definition) is 2. The molecular formula is C11H15N5O3S. The molecule has 0 bridgehead atoms. The molecule has 8 nitrogen and oxygen atoms in total. The highest BCUT2D eigenvalue weighted by molar-refractivity contribution is 7.91. The van der Waals surface area contributed by atoms with Gasteiger partial charge in [0.1, 0.15) is 0 Å².